The van der Waals surface area contributed by atoms with Crippen LogP contribution in [0.2, 0.25) is 0 Å². The van der Waals surface area contributed by atoms with E-state index in [1.807, 2.05) is 0 Å². The Morgan fingerprint density at radius 1 is 1.33 bits per heavy atom. The van der Waals surface area contributed by atoms with Gasteiger partial charge in [-0.05, 0) is 12.8 Å². The zero-order valence-electron chi connectivity index (χ0n) is 7.92. The van der Waals surface area contributed by atoms with E-state index < -0.39 is 0 Å². The summed E-state index contributed by atoms with van der Waals surface area (Å²) in [5, 5.41) is 0. The minimum absolute atomic E-state index is 0.0775. The Labute approximate surface area is 73.9 Å². The van der Waals surface area contributed by atoms with E-state index in [1.165, 1.54) is 6.42 Å². The summed E-state index contributed by atoms with van der Waals surface area (Å²) in [6, 6.07) is 0.0913. The molecule has 1 aliphatic carbocycles. The number of nitrogens with two attached hydrogens (primary N) is 1. The van der Waals surface area contributed by atoms with E-state index in [0.29, 0.717) is 0 Å². The standard InChI is InChI=1S/C9H18N2O/c1-11(2)9(12)7-5-3-4-6-8(7)10/h7-8H,3-6,10H2,1-2H3/t7?,8-/m1/s1. The van der Waals surface area contributed by atoms with E-state index in [9.17, 15) is 4.79 Å². The lowest BCUT2D eigenvalue weighted by molar-refractivity contribution is -0.134. The van der Waals surface area contributed by atoms with Gasteiger partial charge in [-0.15, -0.1) is 0 Å². The van der Waals surface area contributed by atoms with Crippen molar-refractivity contribution >= 4 is 5.91 Å². The molecule has 2 N–H and O–H groups in total. The molecule has 0 aromatic carbocycles. The second-order valence-corrected chi connectivity index (χ2v) is 3.79. The van der Waals surface area contributed by atoms with Crippen molar-refractivity contribution in [2.75, 3.05) is 14.1 Å². The molecule has 0 radical (unpaired) electrons. The highest BCUT2D eigenvalue weighted by Gasteiger charge is 2.28. The van der Waals surface area contributed by atoms with Gasteiger partial charge in [0.05, 0.1) is 5.92 Å². The maximum absolute atomic E-state index is 11.6. The minimum atomic E-state index is 0.0775. The van der Waals surface area contributed by atoms with Crippen molar-refractivity contribution in [2.24, 2.45) is 11.7 Å². The zero-order valence-corrected chi connectivity index (χ0v) is 7.92. The summed E-state index contributed by atoms with van der Waals surface area (Å²) in [6.07, 6.45) is 4.30. The number of hydrogen-bond donors (Lipinski definition) is 1. The lowest BCUT2D eigenvalue weighted by Gasteiger charge is -2.29. The first-order valence-electron chi connectivity index (χ1n) is 4.59. The average molecular weight is 170 g/mol. The Balaban J connectivity index is 2.53. The van der Waals surface area contributed by atoms with E-state index >= 15 is 0 Å². The number of nitrogens with zero attached hydrogens (tertiary/aromatic N) is 1. The topological polar surface area (TPSA) is 46.3 Å². The fraction of sp³-hybridized carbons (Fsp3) is 0.889. The molecule has 0 aromatic heterocycles. The molecule has 1 amide bonds. The van der Waals surface area contributed by atoms with E-state index in [1.54, 1.807) is 19.0 Å². The molecule has 1 unspecified atom stereocenters. The van der Waals surface area contributed by atoms with Gasteiger partial charge in [-0.3, -0.25) is 4.79 Å². The lowest BCUT2D eigenvalue weighted by atomic mass is 9.84. The van der Waals surface area contributed by atoms with Gasteiger partial charge in [0.15, 0.2) is 0 Å². The van der Waals surface area contributed by atoms with Crippen molar-refractivity contribution in [3.8, 4) is 0 Å². The van der Waals surface area contributed by atoms with Crippen LogP contribution in [-0.2, 0) is 4.79 Å². The number of hydrogen-bond acceptors (Lipinski definition) is 2. The molecule has 1 rings (SSSR count). The van der Waals surface area contributed by atoms with Gasteiger partial charge in [-0.1, -0.05) is 12.8 Å². The van der Waals surface area contributed by atoms with Gasteiger partial charge in [0, 0.05) is 20.1 Å². The van der Waals surface area contributed by atoms with Gasteiger partial charge in [-0.2, -0.15) is 0 Å². The fourth-order valence-corrected chi connectivity index (χ4v) is 1.80. The predicted molar refractivity (Wildman–Crippen MR) is 48.6 cm³/mol. The molecule has 3 nitrogen and oxygen atoms in total. The van der Waals surface area contributed by atoms with Crippen LogP contribution in [0.4, 0.5) is 0 Å². The number of carbonyl (C=O) groups is 1. The minimum Gasteiger partial charge on any atom is -0.349 e. The SMILES string of the molecule is CN(C)C(=O)C1CCCC[C@H]1N. The quantitative estimate of drug-likeness (QED) is 0.626. The van der Waals surface area contributed by atoms with Gasteiger partial charge in [0.25, 0.3) is 0 Å². The second-order valence-electron chi connectivity index (χ2n) is 3.79. The summed E-state index contributed by atoms with van der Waals surface area (Å²) >= 11 is 0. The van der Waals surface area contributed by atoms with Crippen molar-refractivity contribution < 1.29 is 4.79 Å². The Morgan fingerprint density at radius 3 is 2.42 bits per heavy atom. The third-order valence-corrected chi connectivity index (χ3v) is 2.58. The van der Waals surface area contributed by atoms with E-state index in [-0.39, 0.29) is 17.9 Å². The summed E-state index contributed by atoms with van der Waals surface area (Å²) in [5.41, 5.74) is 5.87. The number of amides is 1. The van der Waals surface area contributed by atoms with Crippen molar-refractivity contribution in [3.05, 3.63) is 0 Å². The molecular formula is C9H18N2O. The number of rotatable bonds is 1. The van der Waals surface area contributed by atoms with Crippen LogP contribution in [-0.4, -0.2) is 30.9 Å². The zero-order chi connectivity index (χ0) is 9.14. The Kier molecular flexibility index (Phi) is 3.09. The molecule has 0 aliphatic heterocycles. The van der Waals surface area contributed by atoms with E-state index in [4.69, 9.17) is 5.73 Å². The summed E-state index contributed by atoms with van der Waals surface area (Å²) in [4.78, 5) is 13.2. The molecule has 2 atom stereocenters. The van der Waals surface area contributed by atoms with Gasteiger partial charge in [0.2, 0.25) is 5.91 Å². The Morgan fingerprint density at radius 2 is 1.92 bits per heavy atom. The van der Waals surface area contributed by atoms with Gasteiger partial charge in [-0.25, -0.2) is 0 Å². The third kappa shape index (κ3) is 1.97. The molecular weight excluding hydrogens is 152 g/mol. The molecule has 0 spiro atoms. The molecule has 0 aromatic rings. The normalized spacial score (nSPS) is 29.9. The molecule has 1 aliphatic rings. The summed E-state index contributed by atoms with van der Waals surface area (Å²) in [6.45, 7) is 0. The molecule has 0 heterocycles. The second kappa shape index (κ2) is 3.90. The Hall–Kier alpha value is -0.570. The molecule has 70 valence electrons. The molecule has 0 bridgehead atoms. The van der Waals surface area contributed by atoms with E-state index in [0.717, 1.165) is 19.3 Å². The average Bonchev–Trinajstić information content (AvgIpc) is 2.04. The molecule has 1 fully saturated rings. The van der Waals surface area contributed by atoms with Crippen LogP contribution >= 0.6 is 0 Å². The maximum atomic E-state index is 11.6. The van der Waals surface area contributed by atoms with Crippen LogP contribution in [0.15, 0.2) is 0 Å². The number of carbonyl (C=O) groups excluding carboxylic acids is 1. The van der Waals surface area contributed by atoms with Crippen molar-refractivity contribution in [2.45, 2.75) is 31.7 Å². The first-order valence-corrected chi connectivity index (χ1v) is 4.59. The highest BCUT2D eigenvalue weighted by molar-refractivity contribution is 5.79. The first kappa shape index (κ1) is 9.52. The van der Waals surface area contributed by atoms with Crippen LogP contribution in [0.3, 0.4) is 0 Å². The fourth-order valence-electron chi connectivity index (χ4n) is 1.80. The van der Waals surface area contributed by atoms with Crippen LogP contribution in [0.1, 0.15) is 25.7 Å². The van der Waals surface area contributed by atoms with Gasteiger partial charge >= 0.3 is 0 Å². The van der Waals surface area contributed by atoms with Gasteiger partial charge < -0.3 is 10.6 Å². The predicted octanol–water partition coefficient (Wildman–Crippen LogP) is 0.592. The van der Waals surface area contributed by atoms with Crippen LogP contribution in [0.25, 0.3) is 0 Å². The van der Waals surface area contributed by atoms with Crippen molar-refractivity contribution in [1.82, 2.24) is 4.90 Å². The molecule has 1 saturated carbocycles. The summed E-state index contributed by atoms with van der Waals surface area (Å²) in [5.74, 6) is 0.274. The largest absolute Gasteiger partial charge is 0.349 e. The first-order chi connectivity index (χ1) is 5.63. The lowest BCUT2D eigenvalue weighted by Crippen LogP contribution is -2.43. The highest BCUT2D eigenvalue weighted by Crippen LogP contribution is 2.23. The maximum Gasteiger partial charge on any atom is 0.226 e. The van der Waals surface area contributed by atoms with Crippen molar-refractivity contribution in [3.63, 3.8) is 0 Å². The van der Waals surface area contributed by atoms with Gasteiger partial charge in [0.1, 0.15) is 0 Å². The molecule has 12 heavy (non-hydrogen) atoms. The third-order valence-electron chi connectivity index (χ3n) is 2.58. The summed E-state index contributed by atoms with van der Waals surface area (Å²) < 4.78 is 0. The molecule has 3 heteroatoms. The Bertz CT molecular complexity index is 168. The van der Waals surface area contributed by atoms with Crippen molar-refractivity contribution in [1.29, 1.82) is 0 Å². The molecule has 0 saturated heterocycles. The van der Waals surface area contributed by atoms with Crippen LogP contribution in [0, 0.1) is 5.92 Å². The van der Waals surface area contributed by atoms with E-state index in [2.05, 4.69) is 0 Å². The van der Waals surface area contributed by atoms with Crippen LogP contribution < -0.4 is 5.73 Å². The summed E-state index contributed by atoms with van der Waals surface area (Å²) in [7, 11) is 3.59. The smallest absolute Gasteiger partial charge is 0.226 e. The van der Waals surface area contributed by atoms with Crippen LogP contribution in [0.5, 0.6) is 0 Å². The highest BCUT2D eigenvalue weighted by atomic mass is 16.2. The monoisotopic (exact) mass is 170 g/mol.